The molecule has 0 saturated heterocycles. The Hall–Kier alpha value is -3.55. The molecule has 0 saturated carbocycles. The van der Waals surface area contributed by atoms with Crippen LogP contribution in [0, 0.1) is 6.92 Å². The Kier molecular flexibility index (Phi) is 9.33. The number of phenolic OH excluding ortho intramolecular Hbond substituents is 1. The molecule has 0 bridgehead atoms. The number of esters is 1. The second-order valence-corrected chi connectivity index (χ2v) is 9.08. The van der Waals surface area contributed by atoms with Gasteiger partial charge in [0.05, 0.1) is 11.6 Å². The van der Waals surface area contributed by atoms with Gasteiger partial charge in [-0.05, 0) is 66.8 Å². The molecule has 36 heavy (non-hydrogen) atoms. The molecule has 0 unspecified atom stereocenters. The van der Waals surface area contributed by atoms with E-state index in [4.69, 9.17) is 21.1 Å². The third kappa shape index (κ3) is 7.23. The van der Waals surface area contributed by atoms with Crippen molar-refractivity contribution in [1.29, 1.82) is 0 Å². The predicted octanol–water partition coefficient (Wildman–Crippen LogP) is 6.06. The van der Waals surface area contributed by atoms with E-state index in [1.165, 1.54) is 11.6 Å². The number of aromatic hydroxyl groups is 1. The number of halogens is 1. The van der Waals surface area contributed by atoms with E-state index in [0.717, 1.165) is 5.56 Å². The molecule has 0 aliphatic carbocycles. The van der Waals surface area contributed by atoms with Gasteiger partial charge < -0.3 is 25.2 Å². The van der Waals surface area contributed by atoms with E-state index in [9.17, 15) is 14.7 Å². The first-order chi connectivity index (χ1) is 17.2. The number of hydrogen-bond donors (Lipinski definition) is 3. The van der Waals surface area contributed by atoms with Gasteiger partial charge in [-0.1, -0.05) is 49.7 Å². The Morgan fingerprint density at radius 3 is 2.39 bits per heavy atom. The van der Waals surface area contributed by atoms with Crippen LogP contribution in [0.25, 0.3) is 0 Å². The number of hydrogen-bond acceptors (Lipinski definition) is 6. The van der Waals surface area contributed by atoms with Gasteiger partial charge in [-0.15, -0.1) is 0 Å². The molecule has 7 nitrogen and oxygen atoms in total. The lowest BCUT2D eigenvalue weighted by atomic mass is 10.0. The minimum absolute atomic E-state index is 0.106. The van der Waals surface area contributed by atoms with Crippen molar-refractivity contribution < 1.29 is 24.2 Å². The highest BCUT2D eigenvalue weighted by atomic mass is 35.5. The number of aryl methyl sites for hydroxylation is 1. The van der Waals surface area contributed by atoms with E-state index in [1.54, 1.807) is 38.1 Å². The van der Waals surface area contributed by atoms with Crippen LogP contribution in [0.3, 0.4) is 0 Å². The van der Waals surface area contributed by atoms with Crippen LogP contribution in [0.2, 0.25) is 5.02 Å². The average molecular weight is 511 g/mol. The molecule has 3 rings (SSSR count). The number of amides is 1. The minimum atomic E-state index is -0.968. The highest BCUT2D eigenvalue weighted by Crippen LogP contribution is 2.36. The van der Waals surface area contributed by atoms with Gasteiger partial charge in [0.15, 0.2) is 0 Å². The van der Waals surface area contributed by atoms with E-state index in [2.05, 4.69) is 48.7 Å². The van der Waals surface area contributed by atoms with Gasteiger partial charge in [0.25, 0.3) is 0 Å². The monoisotopic (exact) mass is 510 g/mol. The van der Waals surface area contributed by atoms with Crippen molar-refractivity contribution in [1.82, 2.24) is 5.32 Å². The predicted molar refractivity (Wildman–Crippen MR) is 141 cm³/mol. The second-order valence-electron chi connectivity index (χ2n) is 8.67. The van der Waals surface area contributed by atoms with Crippen LogP contribution < -0.4 is 15.4 Å². The van der Waals surface area contributed by atoms with E-state index in [0.29, 0.717) is 47.3 Å². The zero-order valence-electron chi connectivity index (χ0n) is 20.9. The molecule has 0 aliphatic rings. The van der Waals surface area contributed by atoms with Crippen molar-refractivity contribution in [3.8, 4) is 17.2 Å². The smallest absolute Gasteiger partial charge is 0.397 e. The minimum Gasteiger partial charge on any atom is -0.508 e. The van der Waals surface area contributed by atoms with Gasteiger partial charge in [-0.2, -0.15) is 0 Å². The molecule has 8 heteroatoms. The van der Waals surface area contributed by atoms with Crippen LogP contribution in [0.5, 0.6) is 17.2 Å². The van der Waals surface area contributed by atoms with Crippen LogP contribution in [0.1, 0.15) is 48.9 Å². The van der Waals surface area contributed by atoms with Gasteiger partial charge in [0.2, 0.25) is 0 Å². The summed E-state index contributed by atoms with van der Waals surface area (Å²) in [5, 5.41) is 16.4. The van der Waals surface area contributed by atoms with Gasteiger partial charge in [-0.3, -0.25) is 4.79 Å². The molecular formula is C28H31ClN2O5. The van der Waals surface area contributed by atoms with Gasteiger partial charge in [-0.25, -0.2) is 4.79 Å². The molecule has 0 spiro atoms. The van der Waals surface area contributed by atoms with Crippen LogP contribution in [0.4, 0.5) is 5.69 Å². The number of carbonyl (C=O) groups is 2. The second kappa shape index (κ2) is 12.4. The summed E-state index contributed by atoms with van der Waals surface area (Å²) in [5.41, 5.74) is 4.13. The van der Waals surface area contributed by atoms with E-state index >= 15 is 0 Å². The summed E-state index contributed by atoms with van der Waals surface area (Å²) in [4.78, 5) is 23.5. The summed E-state index contributed by atoms with van der Waals surface area (Å²) < 4.78 is 10.7. The van der Waals surface area contributed by atoms with Gasteiger partial charge >= 0.3 is 11.9 Å². The summed E-state index contributed by atoms with van der Waals surface area (Å²) in [6.07, 6.45) is 0. The van der Waals surface area contributed by atoms with Crippen LogP contribution in [-0.4, -0.2) is 23.6 Å². The summed E-state index contributed by atoms with van der Waals surface area (Å²) >= 11 is 6.41. The average Bonchev–Trinajstić information content (AvgIpc) is 2.83. The SMILES string of the molecule is CCOC(=O)C(=O)Nc1cc(C)c(Oc2ccc(O)c(CNCc3ccc(C(C)C)cc3)c2)c(Cl)c1. The number of rotatable bonds is 9. The normalized spacial score (nSPS) is 10.8. The Bertz CT molecular complexity index is 1200. The third-order valence-corrected chi connectivity index (χ3v) is 5.79. The Morgan fingerprint density at radius 2 is 1.75 bits per heavy atom. The number of phenols is 1. The van der Waals surface area contributed by atoms with Crippen LogP contribution in [-0.2, 0) is 27.4 Å². The molecule has 0 heterocycles. The van der Waals surface area contributed by atoms with Crippen LogP contribution in [0.15, 0.2) is 54.6 Å². The maximum Gasteiger partial charge on any atom is 0.397 e. The fraction of sp³-hybridized carbons (Fsp3) is 0.286. The zero-order valence-corrected chi connectivity index (χ0v) is 21.6. The largest absolute Gasteiger partial charge is 0.508 e. The van der Waals surface area contributed by atoms with Gasteiger partial charge in [0.1, 0.15) is 17.2 Å². The molecule has 3 N–H and O–H groups in total. The third-order valence-electron chi connectivity index (χ3n) is 5.51. The lowest BCUT2D eigenvalue weighted by Crippen LogP contribution is -2.25. The number of carbonyl (C=O) groups excluding carboxylic acids is 2. The maximum absolute atomic E-state index is 11.9. The molecule has 0 radical (unpaired) electrons. The van der Waals surface area contributed by atoms with Crippen molar-refractivity contribution in [2.45, 2.75) is 46.7 Å². The van der Waals surface area contributed by atoms with E-state index in [-0.39, 0.29) is 17.4 Å². The first-order valence-corrected chi connectivity index (χ1v) is 12.1. The molecule has 3 aromatic carbocycles. The Balaban J connectivity index is 1.66. The van der Waals surface area contributed by atoms with Crippen molar-refractivity contribution >= 4 is 29.2 Å². The van der Waals surface area contributed by atoms with E-state index < -0.39 is 11.9 Å². The zero-order chi connectivity index (χ0) is 26.2. The molecule has 0 aliphatic heterocycles. The topological polar surface area (TPSA) is 96.9 Å². The molecule has 0 atom stereocenters. The van der Waals surface area contributed by atoms with Crippen LogP contribution >= 0.6 is 11.6 Å². The first kappa shape index (κ1) is 27.0. The number of benzene rings is 3. The lowest BCUT2D eigenvalue weighted by molar-refractivity contribution is -0.152. The van der Waals surface area contributed by atoms with Crippen molar-refractivity contribution in [2.75, 3.05) is 11.9 Å². The van der Waals surface area contributed by atoms with Crippen molar-refractivity contribution in [3.05, 3.63) is 81.9 Å². The fourth-order valence-corrected chi connectivity index (χ4v) is 3.86. The summed E-state index contributed by atoms with van der Waals surface area (Å²) in [6.45, 7) is 8.93. The number of ether oxygens (including phenoxy) is 2. The molecular weight excluding hydrogens is 480 g/mol. The van der Waals surface area contributed by atoms with Crippen molar-refractivity contribution in [3.63, 3.8) is 0 Å². The summed E-state index contributed by atoms with van der Waals surface area (Å²) in [5.74, 6) is -0.301. The molecule has 3 aromatic rings. The number of nitrogens with one attached hydrogen (secondary N) is 2. The van der Waals surface area contributed by atoms with Gasteiger partial charge in [0, 0.05) is 24.3 Å². The standard InChI is InChI=1S/C28H31ClN2O5/c1-5-35-28(34)27(33)31-22-12-18(4)26(24(29)14-22)36-23-10-11-25(32)21(13-23)16-30-15-19-6-8-20(9-7-19)17(2)3/h6-14,17,30,32H,5,15-16H2,1-4H3,(H,31,33). The number of anilines is 1. The maximum atomic E-state index is 11.9. The molecule has 0 aromatic heterocycles. The highest BCUT2D eigenvalue weighted by Gasteiger charge is 2.17. The lowest BCUT2D eigenvalue weighted by Gasteiger charge is -2.15. The Labute approximate surface area is 216 Å². The summed E-state index contributed by atoms with van der Waals surface area (Å²) in [7, 11) is 0. The highest BCUT2D eigenvalue weighted by molar-refractivity contribution is 6.37. The van der Waals surface area contributed by atoms with E-state index in [1.807, 2.05) is 0 Å². The van der Waals surface area contributed by atoms with Crippen molar-refractivity contribution in [2.24, 2.45) is 0 Å². The molecule has 1 amide bonds. The summed E-state index contributed by atoms with van der Waals surface area (Å²) in [6, 6.07) is 16.6. The quantitative estimate of drug-likeness (QED) is 0.239. The first-order valence-electron chi connectivity index (χ1n) is 11.8. The fourth-order valence-electron chi connectivity index (χ4n) is 3.56. The molecule has 0 fully saturated rings. The Morgan fingerprint density at radius 1 is 1.03 bits per heavy atom. The molecule has 190 valence electrons.